The van der Waals surface area contributed by atoms with Gasteiger partial charge in [0.25, 0.3) is 0 Å². The third-order valence-corrected chi connectivity index (χ3v) is 4.37. The van der Waals surface area contributed by atoms with E-state index < -0.39 is 0 Å². The summed E-state index contributed by atoms with van der Waals surface area (Å²) >= 11 is 0. The number of rotatable bonds is 6. The normalized spacial score (nSPS) is 16.4. The van der Waals surface area contributed by atoms with Crippen molar-refractivity contribution in [2.24, 2.45) is 5.41 Å². The van der Waals surface area contributed by atoms with E-state index in [0.29, 0.717) is 15.2 Å². The zero-order valence-corrected chi connectivity index (χ0v) is 12.6. The molecule has 0 aliphatic carbocycles. The molecule has 0 aromatic rings. The molecule has 0 aromatic heterocycles. The first-order valence-electron chi connectivity index (χ1n) is 6.11. The minimum atomic E-state index is -0.275. The molecule has 0 saturated heterocycles. The quantitative estimate of drug-likeness (QED) is 0.526. The molecule has 2 atom stereocenters. The van der Waals surface area contributed by atoms with Crippen LogP contribution in [0.1, 0.15) is 53.9 Å². The number of hydrogen-bond acceptors (Lipinski definition) is 2. The summed E-state index contributed by atoms with van der Waals surface area (Å²) < 4.78 is 5.28. The minimum absolute atomic E-state index is 0.0144. The molecule has 0 aromatic carbocycles. The highest BCUT2D eigenvalue weighted by atomic mass is 31.1. The smallest absolute Gasteiger partial charge is 0.315 e. The Kier molecular flexibility index (Phi) is 6.55. The fraction of sp³-hybridized carbons (Fsp3) is 0.923. The van der Waals surface area contributed by atoms with Crippen molar-refractivity contribution in [3.8, 4) is 0 Å². The molecule has 0 saturated carbocycles. The second-order valence-corrected chi connectivity index (χ2v) is 7.38. The maximum atomic E-state index is 12.0. The van der Waals surface area contributed by atoms with Crippen LogP contribution in [0, 0.1) is 5.41 Å². The molecule has 16 heavy (non-hydrogen) atoms. The lowest BCUT2D eigenvalue weighted by atomic mass is 9.87. The zero-order chi connectivity index (χ0) is 12.8. The van der Waals surface area contributed by atoms with Crippen LogP contribution in [0.15, 0.2) is 0 Å². The van der Waals surface area contributed by atoms with E-state index in [1.54, 1.807) is 0 Å². The molecule has 2 nitrogen and oxygen atoms in total. The van der Waals surface area contributed by atoms with E-state index >= 15 is 0 Å². The van der Waals surface area contributed by atoms with E-state index in [1.165, 1.54) is 0 Å². The van der Waals surface area contributed by atoms with Gasteiger partial charge in [-0.15, -0.1) is 8.58 Å². The van der Waals surface area contributed by atoms with E-state index in [1.807, 2.05) is 13.8 Å². The van der Waals surface area contributed by atoms with Crippen molar-refractivity contribution in [2.75, 3.05) is 13.3 Å². The second-order valence-electron chi connectivity index (χ2n) is 5.78. The number of carbonyl (C=O) groups is 1. The van der Waals surface area contributed by atoms with Crippen LogP contribution in [-0.4, -0.2) is 24.4 Å². The summed E-state index contributed by atoms with van der Waals surface area (Å²) in [6.45, 7) is 13.3. The topological polar surface area (TPSA) is 26.3 Å². The predicted molar refractivity (Wildman–Crippen MR) is 72.6 cm³/mol. The molecule has 0 N–H and O–H groups in total. The highest BCUT2D eigenvalue weighted by Crippen LogP contribution is 2.37. The first kappa shape index (κ1) is 15.9. The van der Waals surface area contributed by atoms with E-state index in [2.05, 4.69) is 27.4 Å². The van der Waals surface area contributed by atoms with Gasteiger partial charge in [0, 0.05) is 0 Å². The molecule has 0 spiro atoms. The summed E-state index contributed by atoms with van der Waals surface area (Å²) in [5.41, 5.74) is 0.284. The Morgan fingerprint density at radius 1 is 1.19 bits per heavy atom. The first-order chi connectivity index (χ1) is 7.25. The Hall–Kier alpha value is -0.100. The molecule has 0 aliphatic heterocycles. The first-order valence-corrected chi connectivity index (χ1v) is 7.61. The van der Waals surface area contributed by atoms with Gasteiger partial charge in [-0.3, -0.25) is 4.79 Å². The second kappa shape index (κ2) is 6.59. The Morgan fingerprint density at radius 3 is 2.12 bits per heavy atom. The predicted octanol–water partition coefficient (Wildman–Crippen LogP) is 3.83. The van der Waals surface area contributed by atoms with E-state index in [-0.39, 0.29) is 16.5 Å². The SMILES string of the molecule is CCCOC(=O)C(C)(CCC(C)(C)C)PC. The maximum absolute atomic E-state index is 12.0. The van der Waals surface area contributed by atoms with Crippen molar-refractivity contribution in [2.45, 2.75) is 59.0 Å². The number of hydrogen-bond donors (Lipinski definition) is 0. The summed E-state index contributed by atoms with van der Waals surface area (Å²) in [5.74, 6) is -0.0144. The molecular weight excluding hydrogens is 219 g/mol. The molecule has 0 aliphatic rings. The van der Waals surface area contributed by atoms with Crippen molar-refractivity contribution >= 4 is 14.6 Å². The van der Waals surface area contributed by atoms with Gasteiger partial charge in [-0.25, -0.2) is 0 Å². The summed E-state index contributed by atoms with van der Waals surface area (Å²) in [6.07, 6.45) is 2.88. The lowest BCUT2D eigenvalue weighted by Gasteiger charge is -2.29. The van der Waals surface area contributed by atoms with Gasteiger partial charge in [0.2, 0.25) is 0 Å². The summed E-state index contributed by atoms with van der Waals surface area (Å²) in [6, 6.07) is 0. The monoisotopic (exact) mass is 246 g/mol. The van der Waals surface area contributed by atoms with Gasteiger partial charge in [-0.1, -0.05) is 27.7 Å². The van der Waals surface area contributed by atoms with Crippen molar-refractivity contribution in [1.29, 1.82) is 0 Å². The lowest BCUT2D eigenvalue weighted by molar-refractivity contribution is -0.146. The fourth-order valence-corrected chi connectivity index (χ4v) is 1.96. The van der Waals surface area contributed by atoms with E-state index in [0.717, 1.165) is 19.3 Å². The number of carbonyl (C=O) groups excluding carboxylic acids is 1. The molecule has 0 radical (unpaired) electrons. The molecule has 0 amide bonds. The molecular formula is C13H27O2P. The third kappa shape index (κ3) is 5.84. The van der Waals surface area contributed by atoms with Gasteiger partial charge in [0.15, 0.2) is 0 Å². The molecule has 0 heterocycles. The van der Waals surface area contributed by atoms with Gasteiger partial charge in [0.05, 0.1) is 11.8 Å². The molecule has 3 heteroatoms. The number of esters is 1. The van der Waals surface area contributed by atoms with Crippen LogP contribution in [0.2, 0.25) is 0 Å². The largest absolute Gasteiger partial charge is 0.465 e. The van der Waals surface area contributed by atoms with Crippen LogP contribution in [0.25, 0.3) is 0 Å². The Balaban J connectivity index is 4.35. The Labute approximate surface area is 102 Å². The summed E-state index contributed by atoms with van der Waals surface area (Å²) in [4.78, 5) is 12.0. The average Bonchev–Trinajstić information content (AvgIpc) is 2.21. The molecule has 0 fully saturated rings. The van der Waals surface area contributed by atoms with Crippen molar-refractivity contribution < 1.29 is 9.53 Å². The molecule has 2 unspecified atom stereocenters. The summed E-state index contributed by atoms with van der Waals surface area (Å²) in [5, 5.41) is -0.275. The highest BCUT2D eigenvalue weighted by Gasteiger charge is 2.33. The highest BCUT2D eigenvalue weighted by molar-refractivity contribution is 7.40. The Bertz CT molecular complexity index is 220. The minimum Gasteiger partial charge on any atom is -0.465 e. The van der Waals surface area contributed by atoms with Gasteiger partial charge in [-0.05, 0) is 38.3 Å². The van der Waals surface area contributed by atoms with Gasteiger partial charge in [0.1, 0.15) is 0 Å². The van der Waals surface area contributed by atoms with Crippen LogP contribution in [0.3, 0.4) is 0 Å². The van der Waals surface area contributed by atoms with Crippen LogP contribution >= 0.6 is 8.58 Å². The van der Waals surface area contributed by atoms with E-state index in [4.69, 9.17) is 4.74 Å². The standard InChI is InChI=1S/C13H27O2P/c1-7-10-15-11(14)13(5,16-6)9-8-12(2,3)4/h16H,7-10H2,1-6H3. The molecule has 96 valence electrons. The maximum Gasteiger partial charge on any atom is 0.315 e. The summed E-state index contributed by atoms with van der Waals surface area (Å²) in [7, 11) is 0.605. The van der Waals surface area contributed by atoms with Crippen LogP contribution in [-0.2, 0) is 9.53 Å². The number of ether oxygens (including phenoxy) is 1. The van der Waals surface area contributed by atoms with E-state index in [9.17, 15) is 4.79 Å². The fourth-order valence-electron chi connectivity index (χ4n) is 1.31. The van der Waals surface area contributed by atoms with Gasteiger partial charge >= 0.3 is 5.97 Å². The molecule has 0 bridgehead atoms. The molecule has 0 rings (SSSR count). The van der Waals surface area contributed by atoms with Gasteiger partial charge in [-0.2, -0.15) is 0 Å². The van der Waals surface area contributed by atoms with Crippen LogP contribution in [0.5, 0.6) is 0 Å². The van der Waals surface area contributed by atoms with Crippen molar-refractivity contribution in [1.82, 2.24) is 0 Å². The van der Waals surface area contributed by atoms with Crippen LogP contribution < -0.4 is 0 Å². The zero-order valence-electron chi connectivity index (χ0n) is 11.6. The Morgan fingerprint density at radius 2 is 1.75 bits per heavy atom. The third-order valence-electron chi connectivity index (χ3n) is 2.81. The lowest BCUT2D eigenvalue weighted by Crippen LogP contribution is -2.33. The van der Waals surface area contributed by atoms with Crippen molar-refractivity contribution in [3.63, 3.8) is 0 Å². The van der Waals surface area contributed by atoms with Crippen molar-refractivity contribution in [3.05, 3.63) is 0 Å². The van der Waals surface area contributed by atoms with Crippen LogP contribution in [0.4, 0.5) is 0 Å². The average molecular weight is 246 g/mol. The van der Waals surface area contributed by atoms with Gasteiger partial charge < -0.3 is 4.74 Å².